The SMILES string of the molecule is Cc1ccc(C2=NCN(c3ccc([N+](=O)[O-])cc3)C(=S)N2)cc1. The van der Waals surface area contributed by atoms with Crippen molar-refractivity contribution in [1.29, 1.82) is 0 Å². The van der Waals surface area contributed by atoms with Gasteiger partial charge in [0.15, 0.2) is 5.11 Å². The van der Waals surface area contributed by atoms with Gasteiger partial charge in [0, 0.05) is 23.4 Å². The minimum atomic E-state index is -0.426. The quantitative estimate of drug-likeness (QED) is 0.533. The Morgan fingerprint density at radius 3 is 2.39 bits per heavy atom. The zero-order valence-electron chi connectivity index (χ0n) is 12.4. The lowest BCUT2D eigenvalue weighted by Crippen LogP contribution is -2.47. The first-order chi connectivity index (χ1) is 11.0. The van der Waals surface area contributed by atoms with Crippen LogP contribution in [0.25, 0.3) is 0 Å². The van der Waals surface area contributed by atoms with Crippen molar-refractivity contribution in [2.24, 2.45) is 4.99 Å². The van der Waals surface area contributed by atoms with Gasteiger partial charge in [-0.2, -0.15) is 0 Å². The molecule has 6 nitrogen and oxygen atoms in total. The number of anilines is 1. The Morgan fingerprint density at radius 2 is 1.83 bits per heavy atom. The van der Waals surface area contributed by atoms with Gasteiger partial charge in [-0.15, -0.1) is 0 Å². The maximum atomic E-state index is 10.7. The molecule has 0 bridgehead atoms. The molecule has 3 rings (SSSR count). The van der Waals surface area contributed by atoms with Gasteiger partial charge in [0.25, 0.3) is 5.69 Å². The third-order valence-electron chi connectivity index (χ3n) is 3.54. The van der Waals surface area contributed by atoms with E-state index in [0.29, 0.717) is 11.8 Å². The maximum Gasteiger partial charge on any atom is 0.269 e. The summed E-state index contributed by atoms with van der Waals surface area (Å²) < 4.78 is 0. The average Bonchev–Trinajstić information content (AvgIpc) is 2.55. The van der Waals surface area contributed by atoms with Crippen LogP contribution in [0, 0.1) is 17.0 Å². The lowest BCUT2D eigenvalue weighted by atomic mass is 10.1. The molecule has 1 aliphatic rings. The molecule has 7 heteroatoms. The molecule has 0 fully saturated rings. The van der Waals surface area contributed by atoms with Gasteiger partial charge in [0.1, 0.15) is 12.5 Å². The van der Waals surface area contributed by atoms with Gasteiger partial charge in [0.05, 0.1) is 4.92 Å². The molecule has 1 N–H and O–H groups in total. The molecule has 23 heavy (non-hydrogen) atoms. The molecule has 0 radical (unpaired) electrons. The third kappa shape index (κ3) is 3.19. The molecule has 0 atom stereocenters. The number of hydrogen-bond acceptors (Lipinski definition) is 4. The fourth-order valence-electron chi connectivity index (χ4n) is 2.24. The Bertz CT molecular complexity index is 785. The number of amidine groups is 1. The lowest BCUT2D eigenvalue weighted by molar-refractivity contribution is -0.384. The smallest absolute Gasteiger partial charge is 0.269 e. The van der Waals surface area contributed by atoms with E-state index in [1.807, 2.05) is 31.2 Å². The lowest BCUT2D eigenvalue weighted by Gasteiger charge is -2.29. The Labute approximate surface area is 138 Å². The number of benzene rings is 2. The first-order valence-corrected chi connectivity index (χ1v) is 7.40. The third-order valence-corrected chi connectivity index (χ3v) is 3.86. The number of aliphatic imine (C=N–C) groups is 1. The highest BCUT2D eigenvalue weighted by Gasteiger charge is 2.19. The van der Waals surface area contributed by atoms with Gasteiger partial charge in [-0.1, -0.05) is 29.8 Å². The van der Waals surface area contributed by atoms with Crippen LogP contribution in [-0.4, -0.2) is 22.5 Å². The van der Waals surface area contributed by atoms with E-state index in [1.165, 1.54) is 17.7 Å². The van der Waals surface area contributed by atoms with E-state index in [1.54, 1.807) is 17.0 Å². The summed E-state index contributed by atoms with van der Waals surface area (Å²) >= 11 is 5.40. The predicted octanol–water partition coefficient (Wildman–Crippen LogP) is 3.00. The maximum absolute atomic E-state index is 10.7. The summed E-state index contributed by atoms with van der Waals surface area (Å²) in [5, 5.41) is 14.3. The highest BCUT2D eigenvalue weighted by Crippen LogP contribution is 2.21. The number of aryl methyl sites for hydroxylation is 1. The first kappa shape index (κ1) is 15.1. The topological polar surface area (TPSA) is 70.8 Å². The molecule has 1 aliphatic heterocycles. The van der Waals surface area contributed by atoms with E-state index in [-0.39, 0.29) is 5.69 Å². The largest absolute Gasteiger partial charge is 0.317 e. The van der Waals surface area contributed by atoms with Crippen LogP contribution in [0.15, 0.2) is 53.5 Å². The van der Waals surface area contributed by atoms with E-state index in [9.17, 15) is 10.1 Å². The van der Waals surface area contributed by atoms with Gasteiger partial charge in [0.2, 0.25) is 0 Å². The predicted molar refractivity (Wildman–Crippen MR) is 93.9 cm³/mol. The normalized spacial score (nSPS) is 14.2. The van der Waals surface area contributed by atoms with Crippen molar-refractivity contribution in [2.75, 3.05) is 11.6 Å². The van der Waals surface area contributed by atoms with E-state index >= 15 is 0 Å². The van der Waals surface area contributed by atoms with E-state index in [4.69, 9.17) is 12.2 Å². The van der Waals surface area contributed by atoms with Gasteiger partial charge >= 0.3 is 0 Å². The molecular formula is C16H14N4O2S. The minimum absolute atomic E-state index is 0.0495. The van der Waals surface area contributed by atoms with Crippen molar-refractivity contribution in [2.45, 2.75) is 6.92 Å². The Hall–Kier alpha value is -2.80. The van der Waals surface area contributed by atoms with Crippen molar-refractivity contribution >= 4 is 34.5 Å². The Morgan fingerprint density at radius 1 is 1.17 bits per heavy atom. The number of nitro groups is 1. The van der Waals surface area contributed by atoms with Crippen LogP contribution in [0.3, 0.4) is 0 Å². The van der Waals surface area contributed by atoms with Gasteiger partial charge < -0.3 is 5.32 Å². The Kier molecular flexibility index (Phi) is 4.03. The molecule has 2 aromatic rings. The van der Waals surface area contributed by atoms with E-state index in [2.05, 4.69) is 10.3 Å². The zero-order valence-corrected chi connectivity index (χ0v) is 13.2. The average molecular weight is 326 g/mol. The minimum Gasteiger partial charge on any atom is -0.317 e. The first-order valence-electron chi connectivity index (χ1n) is 6.99. The molecule has 0 saturated carbocycles. The summed E-state index contributed by atoms with van der Waals surface area (Å²) in [6.07, 6.45) is 0. The standard InChI is InChI=1S/C16H14N4O2S/c1-11-2-4-12(5-3-11)15-17-10-19(16(23)18-15)13-6-8-14(9-7-13)20(21)22/h2-9H,10H2,1H3,(H,17,18,23). The van der Waals surface area contributed by atoms with Crippen molar-refractivity contribution < 1.29 is 4.92 Å². The molecule has 1 heterocycles. The zero-order chi connectivity index (χ0) is 16.4. The second kappa shape index (κ2) is 6.13. The summed E-state index contributed by atoms with van der Waals surface area (Å²) in [5.74, 6) is 0.730. The van der Waals surface area contributed by atoms with Crippen molar-refractivity contribution in [3.8, 4) is 0 Å². The highest BCUT2D eigenvalue weighted by molar-refractivity contribution is 7.80. The summed E-state index contributed by atoms with van der Waals surface area (Å²) in [6, 6.07) is 14.3. The number of hydrogen-bond donors (Lipinski definition) is 1. The van der Waals surface area contributed by atoms with Gasteiger partial charge in [-0.25, -0.2) is 4.99 Å². The van der Waals surface area contributed by atoms with E-state index < -0.39 is 4.92 Å². The summed E-state index contributed by atoms with van der Waals surface area (Å²) in [7, 11) is 0. The van der Waals surface area contributed by atoms with Crippen LogP contribution in [-0.2, 0) is 0 Å². The molecule has 0 aromatic heterocycles. The molecule has 116 valence electrons. The van der Waals surface area contributed by atoms with Crippen LogP contribution in [0.2, 0.25) is 0 Å². The van der Waals surface area contributed by atoms with Crippen molar-refractivity contribution in [1.82, 2.24) is 5.32 Å². The van der Waals surface area contributed by atoms with Crippen LogP contribution < -0.4 is 10.2 Å². The van der Waals surface area contributed by atoms with Crippen LogP contribution in [0.1, 0.15) is 11.1 Å². The number of rotatable bonds is 3. The van der Waals surface area contributed by atoms with Gasteiger partial charge in [-0.05, 0) is 31.3 Å². The number of non-ortho nitro benzene ring substituents is 1. The molecule has 0 saturated heterocycles. The van der Waals surface area contributed by atoms with Crippen molar-refractivity contribution in [3.63, 3.8) is 0 Å². The molecule has 2 aromatic carbocycles. The van der Waals surface area contributed by atoms with Crippen LogP contribution in [0.5, 0.6) is 0 Å². The highest BCUT2D eigenvalue weighted by atomic mass is 32.1. The molecular weight excluding hydrogens is 312 g/mol. The second-order valence-corrected chi connectivity index (χ2v) is 5.53. The number of nitrogens with one attached hydrogen (secondary N) is 1. The summed E-state index contributed by atoms with van der Waals surface area (Å²) in [4.78, 5) is 16.6. The molecule has 0 spiro atoms. The molecule has 0 amide bonds. The van der Waals surface area contributed by atoms with E-state index in [0.717, 1.165) is 17.1 Å². The van der Waals surface area contributed by atoms with Crippen molar-refractivity contribution in [3.05, 3.63) is 69.8 Å². The fraction of sp³-hybridized carbons (Fsp3) is 0.125. The summed E-state index contributed by atoms with van der Waals surface area (Å²) in [5.41, 5.74) is 2.97. The molecule has 0 unspecified atom stereocenters. The van der Waals surface area contributed by atoms with Gasteiger partial charge in [-0.3, -0.25) is 15.0 Å². The Balaban J connectivity index is 1.81. The number of nitrogens with zero attached hydrogens (tertiary/aromatic N) is 3. The molecule has 0 aliphatic carbocycles. The van der Waals surface area contributed by atoms with Crippen LogP contribution in [0.4, 0.5) is 11.4 Å². The second-order valence-electron chi connectivity index (χ2n) is 5.15. The fourth-order valence-corrected chi connectivity index (χ4v) is 2.50. The number of nitro benzene ring substituents is 1. The monoisotopic (exact) mass is 326 g/mol. The summed E-state index contributed by atoms with van der Waals surface area (Å²) in [6.45, 7) is 2.40. The van der Waals surface area contributed by atoms with Crippen LogP contribution >= 0.6 is 12.2 Å². The number of thiocarbonyl (C=S) groups is 1.